The van der Waals surface area contributed by atoms with Crippen LogP contribution >= 0.6 is 0 Å². The molecule has 6 heteroatoms. The Kier molecular flexibility index (Phi) is 4.11. The minimum absolute atomic E-state index is 0.0729. The van der Waals surface area contributed by atoms with E-state index < -0.39 is 23.5 Å². The van der Waals surface area contributed by atoms with E-state index in [1.165, 1.54) is 6.92 Å². The van der Waals surface area contributed by atoms with Crippen LogP contribution in [0.1, 0.15) is 24.5 Å². The lowest BCUT2D eigenvalue weighted by Crippen LogP contribution is -2.05. The molecule has 0 bridgehead atoms. The van der Waals surface area contributed by atoms with Crippen molar-refractivity contribution in [3.05, 3.63) is 41.2 Å². The van der Waals surface area contributed by atoms with Crippen LogP contribution in [0.5, 0.6) is 0 Å². The molecule has 1 N–H and O–H groups in total. The monoisotopic (exact) mass is 262 g/mol. The van der Waals surface area contributed by atoms with Gasteiger partial charge in [-0.1, -0.05) is 19.1 Å². The molecule has 0 fully saturated rings. The van der Waals surface area contributed by atoms with Crippen LogP contribution in [0.2, 0.25) is 0 Å². The lowest BCUT2D eigenvalue weighted by molar-refractivity contribution is -0.137. The van der Waals surface area contributed by atoms with Gasteiger partial charge in [0.25, 0.3) is 0 Å². The highest BCUT2D eigenvalue weighted by Gasteiger charge is 2.30. The maximum absolute atomic E-state index is 13.3. The van der Waals surface area contributed by atoms with Crippen molar-refractivity contribution >= 4 is 11.5 Å². The Bertz CT molecular complexity index is 472. The Hall–Kier alpha value is -1.85. The summed E-state index contributed by atoms with van der Waals surface area (Å²) in [7, 11) is 0. The number of carbonyl (C=O) groups is 1. The molecule has 0 aliphatic rings. The maximum Gasteiger partial charge on any atom is 0.416 e. The predicted octanol–water partition coefficient (Wildman–Crippen LogP) is 3.88. The molecular weight excluding hydrogens is 252 g/mol. The van der Waals surface area contributed by atoms with Crippen LogP contribution in [0, 0.1) is 0 Å². The Labute approximate surface area is 101 Å². The minimum Gasteiger partial charge on any atom is -0.476 e. The Morgan fingerprint density at radius 2 is 1.72 bits per heavy atom. The average molecular weight is 262 g/mol. The summed E-state index contributed by atoms with van der Waals surface area (Å²) in [5, 5.41) is 8.52. The molecule has 0 aromatic heterocycles. The molecule has 2 nitrogen and oxygen atoms in total. The van der Waals surface area contributed by atoms with Gasteiger partial charge in [-0.05, 0) is 24.1 Å². The zero-order valence-electron chi connectivity index (χ0n) is 9.38. The van der Waals surface area contributed by atoms with Gasteiger partial charge in [0, 0.05) is 5.57 Å². The highest BCUT2D eigenvalue weighted by molar-refractivity contribution is 5.94. The molecule has 1 rings (SSSR count). The van der Waals surface area contributed by atoms with Crippen LogP contribution in [0.15, 0.2) is 30.1 Å². The van der Waals surface area contributed by atoms with Gasteiger partial charge in [0.1, 0.15) is 0 Å². The van der Waals surface area contributed by atoms with E-state index in [4.69, 9.17) is 5.11 Å². The van der Waals surface area contributed by atoms with E-state index in [2.05, 4.69) is 0 Å². The number of allylic oxidation sites excluding steroid dienone is 1. The van der Waals surface area contributed by atoms with Gasteiger partial charge in [-0.3, -0.25) is 0 Å². The summed E-state index contributed by atoms with van der Waals surface area (Å²) >= 11 is 0. The number of hydrogen-bond donors (Lipinski definition) is 1. The fourth-order valence-electron chi connectivity index (χ4n) is 1.48. The minimum atomic E-state index is -4.47. The third kappa shape index (κ3) is 3.09. The van der Waals surface area contributed by atoms with Crippen LogP contribution < -0.4 is 0 Å². The number of carboxylic acids is 1. The van der Waals surface area contributed by atoms with Crippen molar-refractivity contribution in [2.75, 3.05) is 0 Å². The van der Waals surface area contributed by atoms with E-state index in [0.29, 0.717) is 0 Å². The van der Waals surface area contributed by atoms with Crippen LogP contribution in [0.4, 0.5) is 17.6 Å². The molecule has 98 valence electrons. The molecule has 0 saturated carbocycles. The number of rotatable bonds is 3. The van der Waals surface area contributed by atoms with E-state index in [9.17, 15) is 22.4 Å². The summed E-state index contributed by atoms with van der Waals surface area (Å²) < 4.78 is 50.2. The average Bonchev–Trinajstić information content (AvgIpc) is 2.29. The molecule has 0 aliphatic carbocycles. The number of alkyl halides is 3. The summed E-state index contributed by atoms with van der Waals surface area (Å²) in [5.41, 5.74) is -0.862. The molecule has 0 saturated heterocycles. The molecule has 1 aromatic rings. The van der Waals surface area contributed by atoms with Crippen molar-refractivity contribution in [1.29, 1.82) is 0 Å². The first-order valence-corrected chi connectivity index (χ1v) is 5.07. The lowest BCUT2D eigenvalue weighted by Gasteiger charge is -2.09. The van der Waals surface area contributed by atoms with Gasteiger partial charge < -0.3 is 5.11 Å². The molecule has 0 radical (unpaired) electrons. The lowest BCUT2D eigenvalue weighted by atomic mass is 10.0. The first-order valence-electron chi connectivity index (χ1n) is 5.07. The number of aliphatic carboxylic acids is 1. The van der Waals surface area contributed by atoms with Gasteiger partial charge >= 0.3 is 12.1 Å². The molecule has 0 spiro atoms. The number of benzene rings is 1. The molecule has 18 heavy (non-hydrogen) atoms. The van der Waals surface area contributed by atoms with Gasteiger partial charge in [0.2, 0.25) is 5.83 Å². The van der Waals surface area contributed by atoms with E-state index in [-0.39, 0.29) is 17.6 Å². The van der Waals surface area contributed by atoms with Crippen LogP contribution in [-0.4, -0.2) is 11.1 Å². The van der Waals surface area contributed by atoms with Gasteiger partial charge in [-0.2, -0.15) is 17.6 Å². The fourth-order valence-corrected chi connectivity index (χ4v) is 1.48. The normalized spacial score (nSPS) is 13.2. The Balaban J connectivity index is 3.19. The summed E-state index contributed by atoms with van der Waals surface area (Å²) in [6.45, 7) is 1.52. The molecule has 0 atom stereocenters. The number of carboxylic acid groups (broad SMARTS) is 1. The fraction of sp³-hybridized carbons (Fsp3) is 0.250. The summed E-state index contributed by atoms with van der Waals surface area (Å²) in [6, 6.07) is 3.70. The van der Waals surface area contributed by atoms with Gasteiger partial charge in [0.15, 0.2) is 0 Å². The van der Waals surface area contributed by atoms with Crippen molar-refractivity contribution < 1.29 is 27.5 Å². The first kappa shape index (κ1) is 14.2. The molecule has 0 heterocycles. The van der Waals surface area contributed by atoms with Crippen LogP contribution in [-0.2, 0) is 11.0 Å². The van der Waals surface area contributed by atoms with Crippen molar-refractivity contribution in [3.63, 3.8) is 0 Å². The van der Waals surface area contributed by atoms with Gasteiger partial charge in [-0.25, -0.2) is 4.79 Å². The highest BCUT2D eigenvalue weighted by Crippen LogP contribution is 2.31. The summed E-state index contributed by atoms with van der Waals surface area (Å²) in [5.74, 6) is -3.08. The van der Waals surface area contributed by atoms with Crippen molar-refractivity contribution in [2.24, 2.45) is 0 Å². The van der Waals surface area contributed by atoms with Crippen molar-refractivity contribution in [2.45, 2.75) is 19.5 Å². The van der Waals surface area contributed by atoms with E-state index >= 15 is 0 Å². The third-order valence-corrected chi connectivity index (χ3v) is 2.37. The molecule has 1 aromatic carbocycles. The second kappa shape index (κ2) is 5.20. The molecule has 0 unspecified atom stereocenters. The van der Waals surface area contributed by atoms with Crippen molar-refractivity contribution in [1.82, 2.24) is 0 Å². The van der Waals surface area contributed by atoms with E-state index in [1.807, 2.05) is 0 Å². The molecule has 0 aliphatic heterocycles. The van der Waals surface area contributed by atoms with Crippen LogP contribution in [0.25, 0.3) is 5.57 Å². The van der Waals surface area contributed by atoms with Crippen LogP contribution in [0.3, 0.4) is 0 Å². The second-order valence-electron chi connectivity index (χ2n) is 3.53. The number of hydrogen-bond acceptors (Lipinski definition) is 1. The van der Waals surface area contributed by atoms with Crippen molar-refractivity contribution in [3.8, 4) is 0 Å². The van der Waals surface area contributed by atoms with Gasteiger partial charge in [-0.15, -0.1) is 0 Å². The smallest absolute Gasteiger partial charge is 0.416 e. The first-order chi connectivity index (χ1) is 8.27. The topological polar surface area (TPSA) is 37.3 Å². The Morgan fingerprint density at radius 3 is 2.06 bits per heavy atom. The summed E-state index contributed by atoms with van der Waals surface area (Å²) in [6.07, 6.45) is -4.40. The molecular formula is C12H10F4O2. The standard InChI is InChI=1S/C12H10F4O2/c1-2-9(10(13)11(17)18)7-3-5-8(6-4-7)12(14,15)16/h3-6H,2H2,1H3,(H,17,18). The molecule has 0 amide bonds. The van der Waals surface area contributed by atoms with E-state index in [0.717, 1.165) is 24.3 Å². The summed E-state index contributed by atoms with van der Waals surface area (Å²) in [4.78, 5) is 10.5. The van der Waals surface area contributed by atoms with Gasteiger partial charge in [0.05, 0.1) is 5.56 Å². The predicted molar refractivity (Wildman–Crippen MR) is 57.4 cm³/mol. The maximum atomic E-state index is 13.3. The Morgan fingerprint density at radius 1 is 1.22 bits per heavy atom. The third-order valence-electron chi connectivity index (χ3n) is 2.37. The zero-order valence-corrected chi connectivity index (χ0v) is 9.38. The number of halogens is 4. The highest BCUT2D eigenvalue weighted by atomic mass is 19.4. The largest absolute Gasteiger partial charge is 0.476 e. The SMILES string of the molecule is CCC(=C(F)C(=O)O)c1ccc(C(F)(F)F)cc1. The zero-order chi connectivity index (χ0) is 13.9. The van der Waals surface area contributed by atoms with E-state index in [1.54, 1.807) is 0 Å². The quantitative estimate of drug-likeness (QED) is 0.663. The second-order valence-corrected chi connectivity index (χ2v) is 3.53.